The van der Waals surface area contributed by atoms with Crippen molar-refractivity contribution in [2.75, 3.05) is 7.05 Å². The zero-order valence-electron chi connectivity index (χ0n) is 5.96. The second-order valence-electron chi connectivity index (χ2n) is 1.85. The molecule has 0 aromatic carbocycles. The van der Waals surface area contributed by atoms with Crippen LogP contribution in [0.1, 0.15) is 13.3 Å². The molecular formula is C6H14N3+. The van der Waals surface area contributed by atoms with Gasteiger partial charge in [-0.05, 0) is 6.42 Å². The molecule has 4 N–H and O–H groups in total. The molecule has 0 aliphatic rings. The summed E-state index contributed by atoms with van der Waals surface area (Å²) in [5.74, 6) is 5.88. The molecule has 0 atom stereocenters. The van der Waals surface area contributed by atoms with Crippen LogP contribution in [0.5, 0.6) is 0 Å². The first-order valence-electron chi connectivity index (χ1n) is 2.96. The Morgan fingerprint density at radius 3 is 2.56 bits per heavy atom. The van der Waals surface area contributed by atoms with Crippen molar-refractivity contribution in [3.8, 4) is 0 Å². The minimum absolute atomic E-state index is 0.580. The predicted molar refractivity (Wildman–Crippen MR) is 39.0 cm³/mol. The summed E-state index contributed by atoms with van der Waals surface area (Å²) in [7, 11) is 1.70. The molecule has 0 rings (SSSR count). The Morgan fingerprint density at radius 1 is 1.67 bits per heavy atom. The highest BCUT2D eigenvalue weighted by Crippen LogP contribution is 1.77. The van der Waals surface area contributed by atoms with Gasteiger partial charge < -0.3 is 0 Å². The van der Waals surface area contributed by atoms with Gasteiger partial charge in [-0.2, -0.15) is 4.68 Å². The fraction of sp³-hybridized carbons (Fsp3) is 0.500. The van der Waals surface area contributed by atoms with Gasteiger partial charge in [0, 0.05) is 6.08 Å². The summed E-state index contributed by atoms with van der Waals surface area (Å²) >= 11 is 0. The molecule has 0 fully saturated rings. The summed E-state index contributed by atoms with van der Waals surface area (Å²) in [5, 5.41) is 0. The Hall–Kier alpha value is -0.990. The zero-order chi connectivity index (χ0) is 7.28. The number of allylic oxidation sites excluding steroid dienone is 1. The molecule has 0 heterocycles. The van der Waals surface area contributed by atoms with Crippen molar-refractivity contribution in [1.29, 1.82) is 0 Å². The fourth-order valence-corrected chi connectivity index (χ4v) is 0.356. The Kier molecular flexibility index (Phi) is 3.51. The van der Waals surface area contributed by atoms with E-state index in [1.165, 1.54) is 4.68 Å². The molecule has 0 radical (unpaired) electrons. The van der Waals surface area contributed by atoms with Crippen LogP contribution in [0.4, 0.5) is 0 Å². The van der Waals surface area contributed by atoms with Crippen LogP contribution in [-0.4, -0.2) is 17.6 Å². The predicted octanol–water partition coefficient (Wildman–Crippen LogP) is -0.174. The van der Waals surface area contributed by atoms with Crippen LogP contribution in [0.2, 0.25) is 0 Å². The summed E-state index contributed by atoms with van der Waals surface area (Å²) < 4.78 is 1.38. The second kappa shape index (κ2) is 3.95. The van der Waals surface area contributed by atoms with E-state index in [1.54, 1.807) is 13.1 Å². The van der Waals surface area contributed by atoms with Crippen molar-refractivity contribution in [3.05, 3.63) is 12.2 Å². The van der Waals surface area contributed by atoms with E-state index < -0.39 is 0 Å². The standard InChI is InChI=1S/C6H13N3/c1-3-4-5-6(7)9(2)8/h4-5,7H,3,8H2,1-2H3/p+1/b5-4-. The molecule has 0 aromatic heterocycles. The number of hydrogen-bond donors (Lipinski definition) is 2. The third-order valence-electron chi connectivity index (χ3n) is 0.932. The van der Waals surface area contributed by atoms with Crippen LogP contribution in [0.25, 0.3) is 0 Å². The van der Waals surface area contributed by atoms with Gasteiger partial charge >= 0.3 is 0 Å². The van der Waals surface area contributed by atoms with E-state index in [0.717, 1.165) is 6.42 Å². The van der Waals surface area contributed by atoms with Crippen LogP contribution in [-0.2, 0) is 0 Å². The van der Waals surface area contributed by atoms with E-state index in [0.29, 0.717) is 5.84 Å². The van der Waals surface area contributed by atoms with Crippen molar-refractivity contribution in [1.82, 2.24) is 0 Å². The highest BCUT2D eigenvalue weighted by atomic mass is 15.3. The summed E-state index contributed by atoms with van der Waals surface area (Å²) in [6.45, 7) is 2.04. The van der Waals surface area contributed by atoms with Gasteiger partial charge in [0.15, 0.2) is 0 Å². The summed E-state index contributed by atoms with van der Waals surface area (Å²) in [5.41, 5.74) is 5.43. The number of hydrogen-bond acceptors (Lipinski definition) is 1. The molecule has 0 unspecified atom stereocenters. The Morgan fingerprint density at radius 2 is 2.22 bits per heavy atom. The third kappa shape index (κ3) is 3.58. The zero-order valence-corrected chi connectivity index (χ0v) is 5.96. The maximum atomic E-state index is 5.43. The van der Waals surface area contributed by atoms with Crippen LogP contribution in [0, 0.1) is 0 Å². The molecule has 0 aliphatic carbocycles. The highest BCUT2D eigenvalue weighted by Gasteiger charge is 1.90. The van der Waals surface area contributed by atoms with Gasteiger partial charge in [-0.1, -0.05) is 13.0 Å². The van der Waals surface area contributed by atoms with E-state index in [-0.39, 0.29) is 0 Å². The molecule has 3 heteroatoms. The lowest BCUT2D eigenvalue weighted by molar-refractivity contribution is -0.509. The Bertz CT molecular complexity index is 131. The second-order valence-corrected chi connectivity index (χ2v) is 1.85. The van der Waals surface area contributed by atoms with Crippen molar-refractivity contribution < 1.29 is 4.68 Å². The highest BCUT2D eigenvalue weighted by molar-refractivity contribution is 5.86. The maximum Gasteiger partial charge on any atom is 0.289 e. The van der Waals surface area contributed by atoms with Crippen molar-refractivity contribution in [2.24, 2.45) is 11.6 Å². The quantitative estimate of drug-likeness (QED) is 0.178. The number of hydrazine groups is 1. The van der Waals surface area contributed by atoms with Gasteiger partial charge in [0.1, 0.15) is 7.05 Å². The summed E-state index contributed by atoms with van der Waals surface area (Å²) in [6.07, 6.45) is 4.73. The normalized spacial score (nSPS) is 14.0. The summed E-state index contributed by atoms with van der Waals surface area (Å²) in [4.78, 5) is 0. The molecule has 3 nitrogen and oxygen atoms in total. The average molecular weight is 128 g/mol. The molecular weight excluding hydrogens is 114 g/mol. The molecule has 0 aliphatic heterocycles. The number of rotatable bonds is 2. The van der Waals surface area contributed by atoms with Crippen LogP contribution in [0.15, 0.2) is 12.2 Å². The smallest absolute Gasteiger partial charge is 0.286 e. The Balaban J connectivity index is 3.91. The van der Waals surface area contributed by atoms with E-state index in [4.69, 9.17) is 11.6 Å². The van der Waals surface area contributed by atoms with Gasteiger partial charge in [0.25, 0.3) is 5.84 Å². The minimum Gasteiger partial charge on any atom is -0.286 e. The number of nitrogens with zero attached hydrogens (tertiary/aromatic N) is 1. The Labute approximate surface area is 55.6 Å². The number of nitrogens with two attached hydrogens (primary N) is 2. The lowest BCUT2D eigenvalue weighted by Crippen LogP contribution is -2.28. The van der Waals surface area contributed by atoms with Gasteiger partial charge in [-0.3, -0.25) is 11.6 Å². The van der Waals surface area contributed by atoms with Crippen molar-refractivity contribution >= 4 is 5.84 Å². The van der Waals surface area contributed by atoms with Crippen molar-refractivity contribution in [3.63, 3.8) is 0 Å². The van der Waals surface area contributed by atoms with E-state index in [1.807, 2.05) is 13.0 Å². The van der Waals surface area contributed by atoms with E-state index >= 15 is 0 Å². The molecule has 0 spiro atoms. The van der Waals surface area contributed by atoms with Gasteiger partial charge in [0.05, 0.1) is 0 Å². The molecule has 0 bridgehead atoms. The number of amidine groups is 1. The summed E-state index contributed by atoms with van der Waals surface area (Å²) in [6, 6.07) is 0. The topological polar surface area (TPSA) is 55.0 Å². The third-order valence-corrected chi connectivity index (χ3v) is 0.932. The van der Waals surface area contributed by atoms with Crippen molar-refractivity contribution in [2.45, 2.75) is 13.3 Å². The first kappa shape index (κ1) is 8.01. The molecule has 9 heavy (non-hydrogen) atoms. The van der Waals surface area contributed by atoms with Gasteiger partial charge in [-0.25, -0.2) is 0 Å². The average Bonchev–Trinajstić information content (AvgIpc) is 1.82. The molecule has 0 aromatic rings. The fourth-order valence-electron chi connectivity index (χ4n) is 0.356. The first-order valence-corrected chi connectivity index (χ1v) is 2.96. The van der Waals surface area contributed by atoms with Gasteiger partial charge in [0.2, 0.25) is 0 Å². The minimum atomic E-state index is 0.580. The molecule has 52 valence electrons. The van der Waals surface area contributed by atoms with E-state index in [9.17, 15) is 0 Å². The van der Waals surface area contributed by atoms with Gasteiger partial charge in [-0.15, -0.1) is 0 Å². The monoisotopic (exact) mass is 128 g/mol. The molecule has 0 saturated heterocycles. The van der Waals surface area contributed by atoms with Crippen LogP contribution in [0.3, 0.4) is 0 Å². The maximum absolute atomic E-state index is 5.43. The van der Waals surface area contributed by atoms with E-state index in [2.05, 4.69) is 0 Å². The van der Waals surface area contributed by atoms with Crippen LogP contribution < -0.4 is 11.6 Å². The molecule has 0 saturated carbocycles. The molecule has 0 amide bonds. The first-order chi connectivity index (χ1) is 4.18. The lowest BCUT2D eigenvalue weighted by atomic mass is 10.4. The largest absolute Gasteiger partial charge is 0.289 e. The SMILES string of the molecule is CC/C=C\C(N)=[N+](/C)N. The lowest BCUT2D eigenvalue weighted by Gasteiger charge is -1.88. The van der Waals surface area contributed by atoms with Crippen LogP contribution >= 0.6 is 0 Å². The number of hydrazone groups is 1.